The smallest absolute Gasteiger partial charge is 0.219 e. The summed E-state index contributed by atoms with van der Waals surface area (Å²) in [6, 6.07) is 8.16. The molecular weight excluding hydrogens is 200 g/mol. The summed E-state index contributed by atoms with van der Waals surface area (Å²) in [5, 5.41) is 0. The molecule has 0 aliphatic heterocycles. The van der Waals surface area contributed by atoms with Crippen molar-refractivity contribution >= 4 is 11.5 Å². The molecule has 0 radical (unpaired) electrons. The van der Waals surface area contributed by atoms with Crippen LogP contribution in [0, 0.1) is 0 Å². The Kier molecular flexibility index (Phi) is 1.86. The lowest BCUT2D eigenvalue weighted by atomic mass is 10.2. The van der Waals surface area contributed by atoms with E-state index in [2.05, 4.69) is 26.5 Å². The van der Waals surface area contributed by atoms with Crippen molar-refractivity contribution in [1.29, 1.82) is 0 Å². The van der Waals surface area contributed by atoms with Gasteiger partial charge in [-0.2, -0.15) is 0 Å². The summed E-state index contributed by atoms with van der Waals surface area (Å²) in [6.45, 7) is 0. The van der Waals surface area contributed by atoms with Crippen LogP contribution in [0.15, 0.2) is 49.1 Å². The van der Waals surface area contributed by atoms with E-state index < -0.39 is 0 Å². The lowest BCUT2D eigenvalue weighted by molar-refractivity contribution is 1.18. The van der Waals surface area contributed by atoms with E-state index in [9.17, 15) is 0 Å². The SMILES string of the molecule is Nc1ncc(-c2cc3ccccn3c2)cn1. The molecule has 3 aromatic rings. The van der Waals surface area contributed by atoms with Crippen LogP contribution in [-0.2, 0) is 0 Å². The highest BCUT2D eigenvalue weighted by molar-refractivity contribution is 5.69. The minimum atomic E-state index is 0.299. The zero-order valence-electron chi connectivity index (χ0n) is 8.54. The fourth-order valence-electron chi connectivity index (χ4n) is 1.70. The number of pyridine rings is 1. The number of anilines is 1. The lowest BCUT2D eigenvalue weighted by Crippen LogP contribution is -1.92. The number of hydrogen-bond donors (Lipinski definition) is 1. The summed E-state index contributed by atoms with van der Waals surface area (Å²) >= 11 is 0. The second kappa shape index (κ2) is 3.34. The highest BCUT2D eigenvalue weighted by atomic mass is 15.0. The summed E-state index contributed by atoms with van der Waals surface area (Å²) in [5.41, 5.74) is 8.66. The van der Waals surface area contributed by atoms with Crippen LogP contribution in [0.5, 0.6) is 0 Å². The molecule has 3 aromatic heterocycles. The number of nitrogen functional groups attached to an aromatic ring is 1. The maximum atomic E-state index is 5.45. The van der Waals surface area contributed by atoms with Crippen LogP contribution in [0.3, 0.4) is 0 Å². The van der Waals surface area contributed by atoms with E-state index in [0.717, 1.165) is 16.6 Å². The van der Waals surface area contributed by atoms with Crippen molar-refractivity contribution in [3.8, 4) is 11.1 Å². The van der Waals surface area contributed by atoms with E-state index in [1.807, 2.05) is 24.5 Å². The highest BCUT2D eigenvalue weighted by Gasteiger charge is 2.02. The van der Waals surface area contributed by atoms with Gasteiger partial charge in [0.05, 0.1) is 0 Å². The summed E-state index contributed by atoms with van der Waals surface area (Å²) in [6.07, 6.45) is 7.52. The van der Waals surface area contributed by atoms with E-state index in [1.165, 1.54) is 0 Å². The van der Waals surface area contributed by atoms with Gasteiger partial charge in [-0.05, 0) is 18.2 Å². The Morgan fingerprint density at radius 1 is 1.06 bits per heavy atom. The van der Waals surface area contributed by atoms with E-state index >= 15 is 0 Å². The van der Waals surface area contributed by atoms with Gasteiger partial charge in [-0.3, -0.25) is 0 Å². The molecule has 0 fully saturated rings. The van der Waals surface area contributed by atoms with Crippen molar-refractivity contribution in [2.24, 2.45) is 0 Å². The highest BCUT2D eigenvalue weighted by Crippen LogP contribution is 2.21. The number of nitrogens with zero attached hydrogens (tertiary/aromatic N) is 3. The number of rotatable bonds is 1. The Hall–Kier alpha value is -2.36. The summed E-state index contributed by atoms with van der Waals surface area (Å²) in [5.74, 6) is 0.299. The van der Waals surface area contributed by atoms with E-state index in [1.54, 1.807) is 12.4 Å². The molecule has 0 aliphatic carbocycles. The summed E-state index contributed by atoms with van der Waals surface area (Å²) in [4.78, 5) is 7.97. The summed E-state index contributed by atoms with van der Waals surface area (Å²) in [7, 11) is 0. The first-order chi connectivity index (χ1) is 7.83. The molecule has 0 saturated carbocycles. The average molecular weight is 210 g/mol. The van der Waals surface area contributed by atoms with E-state index in [-0.39, 0.29) is 0 Å². The molecule has 3 heterocycles. The van der Waals surface area contributed by atoms with Crippen LogP contribution >= 0.6 is 0 Å². The first-order valence-electron chi connectivity index (χ1n) is 4.97. The first-order valence-corrected chi connectivity index (χ1v) is 4.97. The van der Waals surface area contributed by atoms with Gasteiger partial charge in [0.1, 0.15) is 0 Å². The van der Waals surface area contributed by atoms with E-state index in [0.29, 0.717) is 5.95 Å². The standard InChI is InChI=1S/C12H10N4/c13-12-14-6-10(7-15-12)9-5-11-3-1-2-4-16(11)8-9/h1-8H,(H2,13,14,15). The minimum Gasteiger partial charge on any atom is -0.368 e. The Morgan fingerprint density at radius 3 is 2.62 bits per heavy atom. The van der Waals surface area contributed by atoms with Gasteiger partial charge in [-0.25, -0.2) is 9.97 Å². The second-order valence-electron chi connectivity index (χ2n) is 3.59. The monoisotopic (exact) mass is 210 g/mol. The molecule has 0 aromatic carbocycles. The first kappa shape index (κ1) is 8.91. The fourth-order valence-corrected chi connectivity index (χ4v) is 1.70. The molecule has 0 saturated heterocycles. The maximum Gasteiger partial charge on any atom is 0.219 e. The zero-order valence-corrected chi connectivity index (χ0v) is 8.54. The number of nitrogens with two attached hydrogens (primary N) is 1. The molecule has 4 nitrogen and oxygen atoms in total. The van der Waals surface area contributed by atoms with Gasteiger partial charge >= 0.3 is 0 Å². The number of hydrogen-bond acceptors (Lipinski definition) is 3. The van der Waals surface area contributed by atoms with Crippen LogP contribution in [0.2, 0.25) is 0 Å². The Bertz CT molecular complexity index is 592. The summed E-state index contributed by atoms with van der Waals surface area (Å²) < 4.78 is 2.06. The molecule has 2 N–H and O–H groups in total. The molecule has 3 rings (SSSR count). The Morgan fingerprint density at radius 2 is 1.88 bits per heavy atom. The number of aromatic nitrogens is 3. The molecule has 0 atom stereocenters. The molecule has 78 valence electrons. The van der Waals surface area contributed by atoms with Crippen molar-refractivity contribution < 1.29 is 0 Å². The number of fused-ring (bicyclic) bond motifs is 1. The third-order valence-electron chi connectivity index (χ3n) is 2.51. The van der Waals surface area contributed by atoms with Gasteiger partial charge < -0.3 is 10.1 Å². The van der Waals surface area contributed by atoms with Crippen molar-refractivity contribution in [2.45, 2.75) is 0 Å². The lowest BCUT2D eigenvalue weighted by Gasteiger charge is -1.95. The molecule has 0 amide bonds. The van der Waals surface area contributed by atoms with Crippen LogP contribution in [0.4, 0.5) is 5.95 Å². The normalized spacial score (nSPS) is 10.8. The van der Waals surface area contributed by atoms with Crippen molar-refractivity contribution in [3.05, 3.63) is 49.1 Å². The topological polar surface area (TPSA) is 56.2 Å². The maximum absolute atomic E-state index is 5.45. The van der Waals surface area contributed by atoms with E-state index in [4.69, 9.17) is 5.73 Å². The van der Waals surface area contributed by atoms with Gasteiger partial charge in [0, 0.05) is 41.4 Å². The van der Waals surface area contributed by atoms with Crippen molar-refractivity contribution in [2.75, 3.05) is 5.73 Å². The third-order valence-corrected chi connectivity index (χ3v) is 2.51. The second-order valence-corrected chi connectivity index (χ2v) is 3.59. The molecule has 4 heteroatoms. The Labute approximate surface area is 92.4 Å². The average Bonchev–Trinajstić information content (AvgIpc) is 2.73. The van der Waals surface area contributed by atoms with Crippen LogP contribution in [0.1, 0.15) is 0 Å². The quantitative estimate of drug-likeness (QED) is 0.668. The van der Waals surface area contributed by atoms with Crippen molar-refractivity contribution in [3.63, 3.8) is 0 Å². The van der Waals surface area contributed by atoms with Gasteiger partial charge in [-0.15, -0.1) is 0 Å². The van der Waals surface area contributed by atoms with Crippen molar-refractivity contribution in [1.82, 2.24) is 14.4 Å². The minimum absolute atomic E-state index is 0.299. The molecule has 0 bridgehead atoms. The van der Waals surface area contributed by atoms with Gasteiger partial charge in [-0.1, -0.05) is 6.07 Å². The van der Waals surface area contributed by atoms with Gasteiger partial charge in [0.2, 0.25) is 5.95 Å². The van der Waals surface area contributed by atoms with Gasteiger partial charge in [0.25, 0.3) is 0 Å². The molecule has 16 heavy (non-hydrogen) atoms. The van der Waals surface area contributed by atoms with Crippen LogP contribution < -0.4 is 5.73 Å². The Balaban J connectivity index is 2.15. The predicted molar refractivity (Wildman–Crippen MR) is 62.8 cm³/mol. The molecule has 0 spiro atoms. The molecular formula is C12H10N4. The van der Waals surface area contributed by atoms with Gasteiger partial charge in [0.15, 0.2) is 0 Å². The predicted octanol–water partition coefficient (Wildman–Crippen LogP) is 1.98. The molecule has 0 aliphatic rings. The third kappa shape index (κ3) is 1.40. The van der Waals surface area contributed by atoms with Crippen LogP contribution in [0.25, 0.3) is 16.6 Å². The van der Waals surface area contributed by atoms with Crippen LogP contribution in [-0.4, -0.2) is 14.4 Å². The molecule has 0 unspecified atom stereocenters. The fraction of sp³-hybridized carbons (Fsp3) is 0. The zero-order chi connectivity index (χ0) is 11.0. The largest absolute Gasteiger partial charge is 0.368 e.